The Morgan fingerprint density at radius 2 is 2.14 bits per heavy atom. The molecule has 1 unspecified atom stereocenters. The summed E-state index contributed by atoms with van der Waals surface area (Å²) in [6.45, 7) is 8.18. The summed E-state index contributed by atoms with van der Waals surface area (Å²) >= 11 is 8.91. The minimum Gasteiger partial charge on any atom is -0.482 e. The molecule has 1 N–H and O–H groups in total. The van der Waals surface area contributed by atoms with E-state index in [2.05, 4.69) is 28.2 Å². The minimum atomic E-state index is -0.376. The summed E-state index contributed by atoms with van der Waals surface area (Å²) in [5.74, 6) is 1.33. The number of aryl methyl sites for hydroxylation is 2. The molecule has 2 heterocycles. The quantitative estimate of drug-likeness (QED) is 0.228. The molecule has 0 saturated carbocycles. The van der Waals surface area contributed by atoms with Crippen LogP contribution in [0.1, 0.15) is 66.1 Å². The molecule has 194 valence electrons. The zero-order chi connectivity index (χ0) is 26.4. The molecule has 1 amide bonds. The second kappa shape index (κ2) is 12.6. The van der Waals surface area contributed by atoms with E-state index in [1.165, 1.54) is 29.5 Å². The van der Waals surface area contributed by atoms with Crippen LogP contribution in [0.15, 0.2) is 36.0 Å². The minimum absolute atomic E-state index is 0.147. The van der Waals surface area contributed by atoms with Gasteiger partial charge in [0, 0.05) is 16.4 Å². The number of nitrogens with zero attached hydrogens (tertiary/aromatic N) is 4. The maximum atomic E-state index is 12.9. The number of ether oxygens (including phenoxy) is 1. The summed E-state index contributed by atoms with van der Waals surface area (Å²) in [5.41, 5.74) is 2.68. The van der Waals surface area contributed by atoms with Crippen molar-refractivity contribution in [2.24, 2.45) is 0 Å². The maximum absolute atomic E-state index is 12.9. The summed E-state index contributed by atoms with van der Waals surface area (Å²) in [5, 5.41) is 23.3. The van der Waals surface area contributed by atoms with E-state index in [1.807, 2.05) is 30.5 Å². The molecular weight excluding hydrogens is 526 g/mol. The van der Waals surface area contributed by atoms with Crippen molar-refractivity contribution >= 4 is 45.6 Å². The van der Waals surface area contributed by atoms with Gasteiger partial charge in [-0.2, -0.15) is 5.26 Å². The Kier molecular flexibility index (Phi) is 9.30. The van der Waals surface area contributed by atoms with Crippen LogP contribution in [0.2, 0.25) is 5.02 Å². The molecule has 4 rings (SSSR count). The van der Waals surface area contributed by atoms with Gasteiger partial charge in [-0.1, -0.05) is 42.3 Å². The second-order valence-corrected chi connectivity index (χ2v) is 11.5. The number of aromatic nitrogens is 3. The van der Waals surface area contributed by atoms with E-state index in [4.69, 9.17) is 16.3 Å². The fourth-order valence-electron chi connectivity index (χ4n) is 4.42. The lowest BCUT2D eigenvalue weighted by molar-refractivity contribution is -0.113. The number of hydrogen-bond acceptors (Lipinski definition) is 7. The SMILES string of the molecule is C=CCn1c(SCC(=O)Nc2sc3c(c2C#N)CCCCCC3)nnc1C(C)Oc1ccc(Cl)cc1C. The lowest BCUT2D eigenvalue weighted by Crippen LogP contribution is -2.15. The Balaban J connectivity index is 1.44. The van der Waals surface area contributed by atoms with Crippen LogP contribution >= 0.6 is 34.7 Å². The zero-order valence-corrected chi connectivity index (χ0v) is 23.4. The molecule has 1 aliphatic rings. The van der Waals surface area contributed by atoms with Crippen molar-refractivity contribution in [2.45, 2.75) is 70.2 Å². The number of carbonyl (C=O) groups excluding carboxylic acids is 1. The van der Waals surface area contributed by atoms with Crippen molar-refractivity contribution in [3.8, 4) is 11.8 Å². The number of amides is 1. The van der Waals surface area contributed by atoms with Gasteiger partial charge in [-0.05, 0) is 68.9 Å². The van der Waals surface area contributed by atoms with Crippen molar-refractivity contribution in [1.29, 1.82) is 5.26 Å². The first-order valence-electron chi connectivity index (χ1n) is 12.3. The molecule has 2 aromatic heterocycles. The van der Waals surface area contributed by atoms with Crippen molar-refractivity contribution in [3.05, 3.63) is 63.3 Å². The summed E-state index contributed by atoms with van der Waals surface area (Å²) in [4.78, 5) is 14.1. The van der Waals surface area contributed by atoms with Crippen molar-refractivity contribution in [3.63, 3.8) is 0 Å². The molecule has 1 aliphatic carbocycles. The predicted molar refractivity (Wildman–Crippen MR) is 150 cm³/mol. The highest BCUT2D eigenvalue weighted by Crippen LogP contribution is 2.37. The zero-order valence-electron chi connectivity index (χ0n) is 21.1. The molecule has 3 aromatic rings. The summed E-state index contributed by atoms with van der Waals surface area (Å²) in [6.07, 6.45) is 7.89. The number of nitrogens with one attached hydrogen (secondary N) is 1. The topological polar surface area (TPSA) is 92.8 Å². The number of carbonyl (C=O) groups is 1. The lowest BCUT2D eigenvalue weighted by atomic mass is 9.97. The van der Waals surface area contributed by atoms with E-state index in [0.29, 0.717) is 33.1 Å². The number of rotatable bonds is 9. The Morgan fingerprint density at radius 3 is 2.86 bits per heavy atom. The van der Waals surface area contributed by atoms with E-state index in [-0.39, 0.29) is 17.8 Å². The van der Waals surface area contributed by atoms with Crippen molar-refractivity contribution < 1.29 is 9.53 Å². The third kappa shape index (κ3) is 6.56. The standard InChI is InChI=1S/C27H30ClN5O2S2/c1-4-13-33-25(18(3)35-22-12-11-19(28)14-17(22)2)31-32-27(33)36-16-24(34)30-26-21(15-29)20-9-7-5-6-8-10-23(20)37-26/h4,11-12,14,18H,1,5-10,13,16H2,2-3H3,(H,30,34). The number of fused-ring (bicyclic) bond motifs is 1. The molecule has 1 aromatic carbocycles. The molecular formula is C27H30ClN5O2S2. The lowest BCUT2D eigenvalue weighted by Gasteiger charge is -2.17. The van der Waals surface area contributed by atoms with Crippen molar-refractivity contribution in [1.82, 2.24) is 14.8 Å². The highest BCUT2D eigenvalue weighted by molar-refractivity contribution is 7.99. The van der Waals surface area contributed by atoms with Gasteiger partial charge in [0.15, 0.2) is 17.1 Å². The fourth-order valence-corrected chi connectivity index (χ4v) is 6.65. The van der Waals surface area contributed by atoms with Gasteiger partial charge in [0.1, 0.15) is 16.8 Å². The average molecular weight is 556 g/mol. The molecule has 0 spiro atoms. The molecule has 10 heteroatoms. The van der Waals surface area contributed by atoms with Crippen LogP contribution in [0.4, 0.5) is 5.00 Å². The maximum Gasteiger partial charge on any atom is 0.235 e. The first kappa shape index (κ1) is 27.2. The fraction of sp³-hybridized carbons (Fsp3) is 0.407. The van der Waals surface area contributed by atoms with Gasteiger partial charge >= 0.3 is 0 Å². The van der Waals surface area contributed by atoms with Gasteiger partial charge in [-0.3, -0.25) is 9.36 Å². The molecule has 37 heavy (non-hydrogen) atoms. The summed E-state index contributed by atoms with van der Waals surface area (Å²) in [7, 11) is 0. The highest BCUT2D eigenvalue weighted by atomic mass is 35.5. The average Bonchev–Trinajstić information content (AvgIpc) is 3.40. The molecule has 0 bridgehead atoms. The first-order chi connectivity index (χ1) is 17.9. The molecule has 0 saturated heterocycles. The van der Waals surface area contributed by atoms with E-state index < -0.39 is 0 Å². The van der Waals surface area contributed by atoms with Gasteiger partial charge in [0.25, 0.3) is 0 Å². The first-order valence-corrected chi connectivity index (χ1v) is 14.5. The summed E-state index contributed by atoms with van der Waals surface area (Å²) < 4.78 is 8.04. The van der Waals surface area contributed by atoms with Crippen LogP contribution in [0, 0.1) is 18.3 Å². The van der Waals surface area contributed by atoms with E-state index >= 15 is 0 Å². The van der Waals surface area contributed by atoms with Gasteiger partial charge in [0.2, 0.25) is 5.91 Å². The summed E-state index contributed by atoms with van der Waals surface area (Å²) in [6, 6.07) is 7.80. The van der Waals surface area contributed by atoms with Crippen LogP contribution in [0.5, 0.6) is 5.75 Å². The second-order valence-electron chi connectivity index (χ2n) is 8.98. The highest BCUT2D eigenvalue weighted by Gasteiger charge is 2.23. The predicted octanol–water partition coefficient (Wildman–Crippen LogP) is 6.89. The molecule has 0 aliphatic heterocycles. The Bertz CT molecular complexity index is 1330. The van der Waals surface area contributed by atoms with E-state index in [9.17, 15) is 10.1 Å². The van der Waals surface area contributed by atoms with E-state index in [1.54, 1.807) is 23.5 Å². The third-order valence-corrected chi connectivity index (χ3v) is 8.64. The van der Waals surface area contributed by atoms with Crippen LogP contribution in [-0.2, 0) is 24.2 Å². The smallest absolute Gasteiger partial charge is 0.235 e. The Morgan fingerprint density at radius 1 is 1.35 bits per heavy atom. The van der Waals surface area contributed by atoms with Crippen LogP contribution in [0.25, 0.3) is 0 Å². The number of nitriles is 1. The Labute approximate surface area is 230 Å². The Hall–Kier alpha value is -2.80. The molecule has 0 fully saturated rings. The van der Waals surface area contributed by atoms with Gasteiger partial charge < -0.3 is 10.1 Å². The number of thiophene rings is 1. The van der Waals surface area contributed by atoms with Crippen molar-refractivity contribution in [2.75, 3.05) is 11.1 Å². The number of allylic oxidation sites excluding steroid dienone is 1. The normalized spacial score (nSPS) is 14.1. The van der Waals surface area contributed by atoms with E-state index in [0.717, 1.165) is 42.6 Å². The number of halogens is 1. The molecule has 0 radical (unpaired) electrons. The molecule has 7 nitrogen and oxygen atoms in total. The molecule has 1 atom stereocenters. The third-order valence-electron chi connectivity index (χ3n) is 6.23. The van der Waals surface area contributed by atoms with Crippen LogP contribution in [0.3, 0.4) is 0 Å². The van der Waals surface area contributed by atoms with Crippen LogP contribution in [-0.4, -0.2) is 26.4 Å². The number of thioether (sulfide) groups is 1. The van der Waals surface area contributed by atoms with Crippen LogP contribution < -0.4 is 10.1 Å². The largest absolute Gasteiger partial charge is 0.482 e. The number of anilines is 1. The number of hydrogen-bond donors (Lipinski definition) is 1. The van der Waals surface area contributed by atoms with Gasteiger partial charge in [0.05, 0.1) is 11.3 Å². The van der Waals surface area contributed by atoms with Gasteiger partial charge in [-0.15, -0.1) is 28.1 Å². The number of benzene rings is 1. The monoisotopic (exact) mass is 555 g/mol. The van der Waals surface area contributed by atoms with Gasteiger partial charge in [-0.25, -0.2) is 0 Å².